The number of carbonyl (C=O) groups is 2. The van der Waals surface area contributed by atoms with Crippen LogP contribution in [0.4, 0.5) is 13.2 Å². The smallest absolute Gasteiger partial charge is 0.352 e. The zero-order chi connectivity index (χ0) is 22.1. The second-order valence-corrected chi connectivity index (χ2v) is 7.19. The van der Waals surface area contributed by atoms with Crippen molar-refractivity contribution in [2.75, 3.05) is 33.7 Å². The number of benzene rings is 2. The fourth-order valence-electron chi connectivity index (χ4n) is 2.81. The van der Waals surface area contributed by atoms with Crippen molar-refractivity contribution in [1.29, 1.82) is 0 Å². The van der Waals surface area contributed by atoms with Gasteiger partial charge in [-0.05, 0) is 43.9 Å². The minimum Gasteiger partial charge on any atom is -0.352 e. The van der Waals surface area contributed by atoms with Gasteiger partial charge < -0.3 is 15.1 Å². The topological polar surface area (TPSA) is 52.6 Å². The van der Waals surface area contributed by atoms with Crippen LogP contribution in [-0.2, 0) is 17.5 Å². The first kappa shape index (κ1) is 23.4. The number of amides is 2. The van der Waals surface area contributed by atoms with Crippen molar-refractivity contribution in [3.63, 3.8) is 0 Å². The van der Waals surface area contributed by atoms with E-state index in [9.17, 15) is 22.8 Å². The summed E-state index contributed by atoms with van der Waals surface area (Å²) in [7, 11) is 3.71. The van der Waals surface area contributed by atoms with Gasteiger partial charge in [0.05, 0.1) is 5.56 Å². The summed E-state index contributed by atoms with van der Waals surface area (Å²) in [6.45, 7) is 1.16. The lowest BCUT2D eigenvalue weighted by molar-refractivity contribution is -0.137. The zero-order valence-corrected chi connectivity index (χ0v) is 17.1. The maximum absolute atomic E-state index is 13.0. The molecule has 162 valence electrons. The summed E-state index contributed by atoms with van der Waals surface area (Å²) in [5, 5.41) is 2.70. The fourth-order valence-corrected chi connectivity index (χ4v) is 2.81. The van der Waals surface area contributed by atoms with Gasteiger partial charge in [0.15, 0.2) is 0 Å². The highest BCUT2D eigenvalue weighted by Gasteiger charge is 2.30. The monoisotopic (exact) mass is 421 g/mol. The molecule has 0 fully saturated rings. The Balaban J connectivity index is 1.99. The van der Waals surface area contributed by atoms with Gasteiger partial charge in [0.2, 0.25) is 5.91 Å². The molecule has 1 N–H and O–H groups in total. The Hall–Kier alpha value is -2.87. The summed E-state index contributed by atoms with van der Waals surface area (Å²) in [4.78, 5) is 28.2. The number of nitrogens with one attached hydrogen (secondary N) is 1. The molecule has 8 heteroatoms. The molecule has 2 amide bonds. The largest absolute Gasteiger partial charge is 0.416 e. The van der Waals surface area contributed by atoms with E-state index in [1.807, 2.05) is 19.0 Å². The summed E-state index contributed by atoms with van der Waals surface area (Å²) in [6.07, 6.45) is -4.37. The van der Waals surface area contributed by atoms with Crippen molar-refractivity contribution in [3.05, 3.63) is 71.3 Å². The molecule has 2 aromatic rings. The first-order valence-electron chi connectivity index (χ1n) is 9.58. The molecule has 0 aliphatic rings. The molecule has 0 aliphatic carbocycles. The molecule has 0 saturated heterocycles. The average molecular weight is 421 g/mol. The Morgan fingerprint density at radius 2 is 1.67 bits per heavy atom. The van der Waals surface area contributed by atoms with Crippen LogP contribution in [0.15, 0.2) is 54.6 Å². The van der Waals surface area contributed by atoms with Crippen molar-refractivity contribution in [2.45, 2.75) is 19.1 Å². The molecule has 0 unspecified atom stereocenters. The Morgan fingerprint density at radius 3 is 2.30 bits per heavy atom. The zero-order valence-electron chi connectivity index (χ0n) is 17.1. The molecule has 0 aromatic heterocycles. The third-order valence-electron chi connectivity index (χ3n) is 4.46. The molecule has 30 heavy (non-hydrogen) atoms. The van der Waals surface area contributed by atoms with Crippen LogP contribution in [0.3, 0.4) is 0 Å². The lowest BCUT2D eigenvalue weighted by atomic mass is 10.1. The van der Waals surface area contributed by atoms with Crippen molar-refractivity contribution in [3.8, 4) is 0 Å². The van der Waals surface area contributed by atoms with E-state index in [-0.39, 0.29) is 31.3 Å². The van der Waals surface area contributed by atoms with E-state index >= 15 is 0 Å². The minimum atomic E-state index is -4.43. The summed E-state index contributed by atoms with van der Waals surface area (Å²) >= 11 is 0. The Kier molecular flexibility index (Phi) is 8.41. The van der Waals surface area contributed by atoms with Crippen molar-refractivity contribution in [1.82, 2.24) is 15.1 Å². The van der Waals surface area contributed by atoms with Crippen molar-refractivity contribution >= 4 is 11.8 Å². The molecule has 2 rings (SSSR count). The fraction of sp³-hybridized carbons (Fsp3) is 0.364. The van der Waals surface area contributed by atoms with Crippen LogP contribution in [0.1, 0.15) is 27.9 Å². The molecule has 5 nitrogen and oxygen atoms in total. The van der Waals surface area contributed by atoms with Gasteiger partial charge in [0.1, 0.15) is 0 Å². The van der Waals surface area contributed by atoms with E-state index in [0.717, 1.165) is 12.1 Å². The molecule has 0 atom stereocenters. The second kappa shape index (κ2) is 10.8. The number of hydrogen-bond donors (Lipinski definition) is 1. The van der Waals surface area contributed by atoms with E-state index in [0.29, 0.717) is 24.2 Å². The van der Waals surface area contributed by atoms with Gasteiger partial charge in [0, 0.05) is 38.2 Å². The highest BCUT2D eigenvalue weighted by atomic mass is 19.4. The number of nitrogens with zero attached hydrogens (tertiary/aromatic N) is 2. The molecular formula is C22H26F3N3O2. The molecular weight excluding hydrogens is 395 g/mol. The molecule has 0 heterocycles. The van der Waals surface area contributed by atoms with Crippen LogP contribution >= 0.6 is 0 Å². The van der Waals surface area contributed by atoms with Crippen LogP contribution in [0.5, 0.6) is 0 Å². The maximum atomic E-state index is 13.0. The highest BCUT2D eigenvalue weighted by Crippen LogP contribution is 2.29. The SMILES string of the molecule is CN(C)CCN(Cc1cccc(C(F)(F)F)c1)C(=O)CCNC(=O)c1ccccc1. The standard InChI is InChI=1S/C22H26F3N3O2/c1-27(2)13-14-28(16-17-7-6-10-19(15-17)22(23,24)25)20(29)11-12-26-21(30)18-8-4-3-5-9-18/h3-10,15H,11-14,16H2,1-2H3,(H,26,30). The van der Waals surface area contributed by atoms with Crippen molar-refractivity contribution in [2.24, 2.45) is 0 Å². The van der Waals surface area contributed by atoms with Gasteiger partial charge >= 0.3 is 6.18 Å². The van der Waals surface area contributed by atoms with Crippen LogP contribution in [-0.4, -0.2) is 55.3 Å². The van der Waals surface area contributed by atoms with E-state index in [1.165, 1.54) is 11.0 Å². The summed E-state index contributed by atoms with van der Waals surface area (Å²) in [5.41, 5.74) is 0.166. The first-order chi connectivity index (χ1) is 14.2. The van der Waals surface area contributed by atoms with Gasteiger partial charge in [0.25, 0.3) is 5.91 Å². The van der Waals surface area contributed by atoms with Gasteiger partial charge in [-0.25, -0.2) is 0 Å². The summed E-state index contributed by atoms with van der Waals surface area (Å²) in [6, 6.07) is 13.6. The number of alkyl halides is 3. The van der Waals surface area contributed by atoms with Crippen LogP contribution in [0, 0.1) is 0 Å². The van der Waals surface area contributed by atoms with E-state index in [2.05, 4.69) is 5.32 Å². The predicted octanol–water partition coefficient (Wildman–Crippen LogP) is 3.42. The van der Waals surface area contributed by atoms with Crippen LogP contribution < -0.4 is 5.32 Å². The molecule has 0 aliphatic heterocycles. The number of likely N-dealkylation sites (N-methyl/N-ethyl adjacent to an activating group) is 1. The third kappa shape index (κ3) is 7.51. The highest BCUT2D eigenvalue weighted by molar-refractivity contribution is 5.94. The van der Waals surface area contributed by atoms with Gasteiger partial charge in [-0.2, -0.15) is 13.2 Å². The van der Waals surface area contributed by atoms with Crippen molar-refractivity contribution < 1.29 is 22.8 Å². The second-order valence-electron chi connectivity index (χ2n) is 7.19. The quantitative estimate of drug-likeness (QED) is 0.675. The lowest BCUT2D eigenvalue weighted by Gasteiger charge is -2.25. The van der Waals surface area contributed by atoms with Crippen LogP contribution in [0.25, 0.3) is 0 Å². The minimum absolute atomic E-state index is 0.0605. The van der Waals surface area contributed by atoms with Gasteiger partial charge in [-0.15, -0.1) is 0 Å². The average Bonchev–Trinajstić information content (AvgIpc) is 2.71. The lowest BCUT2D eigenvalue weighted by Crippen LogP contribution is -2.38. The Bertz CT molecular complexity index is 839. The normalized spacial score (nSPS) is 11.4. The van der Waals surface area contributed by atoms with E-state index < -0.39 is 11.7 Å². The van der Waals surface area contributed by atoms with Crippen LogP contribution in [0.2, 0.25) is 0 Å². The third-order valence-corrected chi connectivity index (χ3v) is 4.46. The Labute approximate surface area is 174 Å². The summed E-state index contributed by atoms with van der Waals surface area (Å²) < 4.78 is 38.9. The molecule has 0 bridgehead atoms. The molecule has 0 radical (unpaired) electrons. The maximum Gasteiger partial charge on any atom is 0.416 e. The van der Waals surface area contributed by atoms with Gasteiger partial charge in [-0.1, -0.05) is 30.3 Å². The Morgan fingerprint density at radius 1 is 0.967 bits per heavy atom. The van der Waals surface area contributed by atoms with Gasteiger partial charge in [-0.3, -0.25) is 9.59 Å². The molecule has 2 aromatic carbocycles. The molecule has 0 spiro atoms. The van der Waals surface area contributed by atoms with E-state index in [1.54, 1.807) is 36.4 Å². The molecule has 0 saturated carbocycles. The number of carbonyl (C=O) groups excluding carboxylic acids is 2. The number of rotatable bonds is 9. The predicted molar refractivity (Wildman–Crippen MR) is 109 cm³/mol. The number of hydrogen-bond acceptors (Lipinski definition) is 3. The summed E-state index contributed by atoms with van der Waals surface area (Å²) in [5.74, 6) is -0.510. The van der Waals surface area contributed by atoms with E-state index in [4.69, 9.17) is 0 Å². The first-order valence-corrected chi connectivity index (χ1v) is 9.58. The number of halogens is 3.